The molecule has 0 fully saturated rings. The first-order valence-corrected chi connectivity index (χ1v) is 17.2. The van der Waals surface area contributed by atoms with E-state index in [1.165, 1.54) is 10.4 Å². The summed E-state index contributed by atoms with van der Waals surface area (Å²) in [5.41, 5.74) is 0. The minimum Gasteiger partial charge on any atom is -0.274 e. The SMILES string of the molecule is C[SiH]C.C[Si](C)(C)C1=[C-]CC=C1.C[Si](C)(C)C1=[C-]CC=C1.Cl.Cl.[Zr+2]. The van der Waals surface area contributed by atoms with Crippen molar-refractivity contribution in [3.8, 4) is 0 Å². The van der Waals surface area contributed by atoms with Crippen LogP contribution in [0.1, 0.15) is 12.8 Å². The van der Waals surface area contributed by atoms with Crippen molar-refractivity contribution in [1.82, 2.24) is 0 Å². The van der Waals surface area contributed by atoms with Crippen LogP contribution in [0.4, 0.5) is 0 Å². The Hall–Kier alpha value is 1.07. The summed E-state index contributed by atoms with van der Waals surface area (Å²) >= 11 is 0. The Morgan fingerprint density at radius 1 is 0.750 bits per heavy atom. The average Bonchev–Trinajstić information content (AvgIpc) is 3.03. The van der Waals surface area contributed by atoms with E-state index in [0.29, 0.717) is 0 Å². The number of rotatable bonds is 2. The summed E-state index contributed by atoms with van der Waals surface area (Å²) in [6, 6.07) is 0. The molecule has 0 saturated carbocycles. The summed E-state index contributed by atoms with van der Waals surface area (Å²) in [6.45, 7) is 18.5. The van der Waals surface area contributed by atoms with E-state index in [0.717, 1.165) is 22.4 Å². The van der Waals surface area contributed by atoms with Crippen molar-refractivity contribution in [3.05, 3.63) is 46.8 Å². The second-order valence-electron chi connectivity index (χ2n) is 7.47. The van der Waals surface area contributed by atoms with Crippen LogP contribution in [0.25, 0.3) is 0 Å². The van der Waals surface area contributed by atoms with Crippen LogP contribution in [-0.4, -0.2) is 25.7 Å². The fraction of sp³-hybridized carbons (Fsp3) is 0.556. The molecule has 2 aliphatic rings. The molecule has 0 atom stereocenters. The third-order valence-electron chi connectivity index (χ3n) is 3.01. The molecule has 0 N–H and O–H groups in total. The van der Waals surface area contributed by atoms with Gasteiger partial charge in [0.15, 0.2) is 0 Å². The molecule has 2 aliphatic carbocycles. The van der Waals surface area contributed by atoms with E-state index in [1.807, 2.05) is 0 Å². The van der Waals surface area contributed by atoms with Gasteiger partial charge in [-0.15, -0.1) is 37.7 Å². The van der Waals surface area contributed by atoms with Crippen molar-refractivity contribution in [2.24, 2.45) is 0 Å². The van der Waals surface area contributed by atoms with Crippen molar-refractivity contribution < 1.29 is 26.2 Å². The van der Waals surface area contributed by atoms with Crippen LogP contribution >= 0.6 is 24.8 Å². The molecule has 0 heterocycles. The minimum atomic E-state index is -1.01. The van der Waals surface area contributed by atoms with E-state index in [1.54, 1.807) is 0 Å². The Bertz CT molecular complexity index is 389. The predicted molar refractivity (Wildman–Crippen MR) is 121 cm³/mol. The van der Waals surface area contributed by atoms with Gasteiger partial charge in [0, 0.05) is 25.7 Å². The molecule has 0 amide bonds. The summed E-state index contributed by atoms with van der Waals surface area (Å²) in [5.74, 6) is 0. The van der Waals surface area contributed by atoms with Crippen LogP contribution in [-0.2, 0) is 26.2 Å². The zero-order valence-electron chi connectivity index (χ0n) is 16.6. The molecular weight excluding hydrogens is 463 g/mol. The van der Waals surface area contributed by atoms with Gasteiger partial charge < -0.3 is 0 Å². The van der Waals surface area contributed by atoms with E-state index in [2.05, 4.69) is 88.8 Å². The van der Waals surface area contributed by atoms with E-state index in [-0.39, 0.29) is 51.0 Å². The van der Waals surface area contributed by atoms with Crippen LogP contribution in [0.5, 0.6) is 0 Å². The Kier molecular flexibility index (Phi) is 22.2. The molecule has 6 heteroatoms. The first-order valence-electron chi connectivity index (χ1n) is 7.92. The zero-order valence-corrected chi connectivity index (χ0v) is 23.9. The van der Waals surface area contributed by atoms with Crippen molar-refractivity contribution in [3.63, 3.8) is 0 Å². The van der Waals surface area contributed by atoms with Gasteiger partial charge in [0.25, 0.3) is 0 Å². The topological polar surface area (TPSA) is 0 Å². The maximum Gasteiger partial charge on any atom is 2.00 e. The summed E-state index contributed by atoms with van der Waals surface area (Å²) in [5, 5.41) is 2.98. The van der Waals surface area contributed by atoms with E-state index in [9.17, 15) is 0 Å². The third kappa shape index (κ3) is 15.3. The van der Waals surface area contributed by atoms with Crippen LogP contribution in [0.3, 0.4) is 0 Å². The Morgan fingerprint density at radius 2 is 1.00 bits per heavy atom. The second-order valence-corrected chi connectivity index (χ2v) is 18.7. The van der Waals surface area contributed by atoms with Crippen molar-refractivity contribution in [2.45, 2.75) is 65.2 Å². The van der Waals surface area contributed by atoms with Gasteiger partial charge in [0.05, 0.1) is 0 Å². The van der Waals surface area contributed by atoms with Gasteiger partial charge in [-0.25, -0.2) is 22.5 Å². The Balaban J connectivity index is -0.000000130. The van der Waals surface area contributed by atoms with E-state index in [4.69, 9.17) is 0 Å². The normalized spacial score (nSPS) is 14.5. The monoisotopic (exact) mass is 495 g/mol. The quantitative estimate of drug-likeness (QED) is 0.303. The molecule has 0 saturated heterocycles. The van der Waals surface area contributed by atoms with E-state index < -0.39 is 16.1 Å². The molecule has 0 aromatic heterocycles. The predicted octanol–water partition coefficient (Wildman–Crippen LogP) is 6.47. The van der Waals surface area contributed by atoms with Crippen molar-refractivity contribution >= 4 is 50.5 Å². The second kappa shape index (κ2) is 16.3. The van der Waals surface area contributed by atoms with Gasteiger partial charge >= 0.3 is 26.2 Å². The molecule has 2 rings (SSSR count). The molecule has 0 aliphatic heterocycles. The summed E-state index contributed by atoms with van der Waals surface area (Å²) < 4.78 is 0. The van der Waals surface area contributed by atoms with Gasteiger partial charge in [-0.3, -0.25) is 12.2 Å². The molecule has 0 unspecified atom stereocenters. The molecule has 0 bridgehead atoms. The van der Waals surface area contributed by atoms with Crippen LogP contribution < -0.4 is 0 Å². The van der Waals surface area contributed by atoms with Crippen molar-refractivity contribution in [2.75, 3.05) is 0 Å². The number of halogens is 2. The van der Waals surface area contributed by atoms with Gasteiger partial charge in [-0.05, 0) is 0 Å². The molecule has 0 aromatic carbocycles. The standard InChI is InChI=1S/2C8H13Si.C2H7Si.2ClH.Zr/c2*1-9(2,3)8-6-4-5-7-8;1-3-2;;;/h2*4,6H,5H2,1-3H3;3H,1-2H3;2*1H;/q2*-1;;;;+2. The first kappa shape index (κ1) is 32.7. The molecule has 1 radical (unpaired) electrons. The van der Waals surface area contributed by atoms with Crippen molar-refractivity contribution in [1.29, 1.82) is 0 Å². The van der Waals surface area contributed by atoms with Crippen LogP contribution in [0.2, 0.25) is 52.4 Å². The first-order chi connectivity index (χ1) is 9.62. The zero-order chi connectivity index (χ0) is 16.5. The van der Waals surface area contributed by atoms with E-state index >= 15 is 0 Å². The molecular formula is C18H35Cl2Si3Zr. The molecule has 24 heavy (non-hydrogen) atoms. The summed E-state index contributed by atoms with van der Waals surface area (Å²) in [6.07, 6.45) is 17.6. The van der Waals surface area contributed by atoms with Crippen LogP contribution in [0, 0.1) is 12.2 Å². The van der Waals surface area contributed by atoms with Gasteiger partial charge in [-0.2, -0.15) is 12.2 Å². The third-order valence-corrected chi connectivity index (χ3v) is 6.92. The Labute approximate surface area is 187 Å². The molecule has 0 nitrogen and oxygen atoms in total. The van der Waals surface area contributed by atoms with Gasteiger partial charge in [0.2, 0.25) is 0 Å². The Morgan fingerprint density at radius 3 is 1.08 bits per heavy atom. The number of hydrogen-bond donors (Lipinski definition) is 0. The average molecular weight is 498 g/mol. The minimum absolute atomic E-state index is 0. The molecule has 0 spiro atoms. The van der Waals surface area contributed by atoms with Gasteiger partial charge in [-0.1, -0.05) is 52.4 Å². The maximum absolute atomic E-state index is 3.36. The fourth-order valence-corrected chi connectivity index (χ4v) is 4.34. The fourth-order valence-electron chi connectivity index (χ4n) is 1.84. The molecule has 137 valence electrons. The number of hydrogen-bond acceptors (Lipinski definition) is 0. The maximum atomic E-state index is 3.36. The van der Waals surface area contributed by atoms with Gasteiger partial charge in [0.1, 0.15) is 0 Å². The number of allylic oxidation sites excluding steroid dienone is 8. The van der Waals surface area contributed by atoms with Crippen LogP contribution in [0.15, 0.2) is 34.7 Å². The largest absolute Gasteiger partial charge is 2.00 e. The summed E-state index contributed by atoms with van der Waals surface area (Å²) in [7, 11) is -1.26. The summed E-state index contributed by atoms with van der Waals surface area (Å²) in [4.78, 5) is 0. The smallest absolute Gasteiger partial charge is 0.274 e. The molecule has 0 aromatic rings.